The van der Waals surface area contributed by atoms with Crippen molar-refractivity contribution in [2.75, 3.05) is 13.2 Å². The summed E-state index contributed by atoms with van der Waals surface area (Å²) in [5.74, 6) is -0.147. The minimum absolute atomic E-state index is 0.106. The molecule has 1 aliphatic heterocycles. The largest absolute Gasteiger partial charge is 0.494 e. The first-order valence-electron chi connectivity index (χ1n) is 10.4. The first kappa shape index (κ1) is 21.8. The molecule has 2 heterocycles. The first-order chi connectivity index (χ1) is 15.5. The second-order valence-electron chi connectivity index (χ2n) is 7.50. The minimum Gasteiger partial charge on any atom is -0.494 e. The number of carbonyl (C=O) groups is 3. The van der Waals surface area contributed by atoms with Gasteiger partial charge in [-0.05, 0) is 42.8 Å². The molecule has 0 saturated carbocycles. The fourth-order valence-electron chi connectivity index (χ4n) is 3.79. The van der Waals surface area contributed by atoms with E-state index >= 15 is 0 Å². The van der Waals surface area contributed by atoms with Crippen LogP contribution in [0.15, 0.2) is 53.3 Å². The average Bonchev–Trinajstić information content (AvgIpc) is 3.26. The number of para-hydroxylation sites is 2. The summed E-state index contributed by atoms with van der Waals surface area (Å²) in [6.45, 7) is 0.561. The lowest BCUT2D eigenvalue weighted by atomic mass is 10.2. The zero-order valence-electron chi connectivity index (χ0n) is 17.3. The van der Waals surface area contributed by atoms with Gasteiger partial charge in [0.05, 0.1) is 17.6 Å². The summed E-state index contributed by atoms with van der Waals surface area (Å²) >= 11 is 5.85. The van der Waals surface area contributed by atoms with E-state index in [-0.39, 0.29) is 50.1 Å². The maximum absolute atomic E-state index is 13.1. The molecule has 4 rings (SSSR count). The Morgan fingerprint density at radius 1 is 0.906 bits per heavy atom. The molecule has 1 fully saturated rings. The number of hydrogen-bond acceptors (Lipinski definition) is 5. The highest BCUT2D eigenvalue weighted by atomic mass is 35.5. The van der Waals surface area contributed by atoms with Crippen LogP contribution in [0.1, 0.15) is 30.5 Å². The predicted octanol–water partition coefficient (Wildman–Crippen LogP) is 3.10. The molecule has 0 atom stereocenters. The van der Waals surface area contributed by atoms with Crippen molar-refractivity contribution in [2.24, 2.45) is 0 Å². The smallest absolute Gasteiger partial charge is 0.336 e. The van der Waals surface area contributed by atoms with Gasteiger partial charge in [-0.25, -0.2) is 9.36 Å². The predicted molar refractivity (Wildman–Crippen MR) is 119 cm³/mol. The van der Waals surface area contributed by atoms with E-state index in [2.05, 4.69) is 0 Å². The highest BCUT2D eigenvalue weighted by molar-refractivity contribution is 6.30. The number of hydrogen-bond donors (Lipinski definition) is 0. The molecule has 1 aromatic heterocycles. The maximum atomic E-state index is 13.1. The van der Waals surface area contributed by atoms with Crippen LogP contribution in [0.3, 0.4) is 0 Å². The van der Waals surface area contributed by atoms with Crippen LogP contribution in [-0.4, -0.2) is 44.9 Å². The fraction of sp³-hybridized carbons (Fsp3) is 0.304. The molecular formula is C23H22ClN3O5. The number of benzene rings is 2. The lowest BCUT2D eigenvalue weighted by Gasteiger charge is -2.13. The molecule has 3 aromatic rings. The highest BCUT2D eigenvalue weighted by Crippen LogP contribution is 2.17. The molecule has 0 aliphatic carbocycles. The summed E-state index contributed by atoms with van der Waals surface area (Å²) < 4.78 is 8.21. The standard InChI is InChI=1S/C23H22ClN3O5/c24-16-7-9-17(10-8-16)32-15-3-6-22(30)27-19-5-2-1-4-18(19)25(23(27)31)13-14-26-20(28)11-12-21(26)29/h1-2,4-5,7-10H,3,6,11-15H2. The van der Waals surface area contributed by atoms with E-state index in [9.17, 15) is 19.2 Å². The van der Waals surface area contributed by atoms with Crippen molar-refractivity contribution in [2.45, 2.75) is 32.2 Å². The number of imide groups is 1. The van der Waals surface area contributed by atoms with Crippen molar-refractivity contribution >= 4 is 40.4 Å². The SMILES string of the molecule is O=C1CCC(=O)N1CCn1c(=O)n(C(=O)CCCOc2ccc(Cl)cc2)c2ccccc21. The highest BCUT2D eigenvalue weighted by Gasteiger charge is 2.29. The van der Waals surface area contributed by atoms with Crippen molar-refractivity contribution in [3.8, 4) is 5.75 Å². The Balaban J connectivity index is 1.46. The van der Waals surface area contributed by atoms with Gasteiger partial charge in [0, 0.05) is 37.4 Å². The Morgan fingerprint density at radius 3 is 2.25 bits per heavy atom. The third-order valence-corrected chi connectivity index (χ3v) is 5.66. The number of aromatic nitrogens is 2. The van der Waals surface area contributed by atoms with Crippen LogP contribution in [0.5, 0.6) is 5.75 Å². The summed E-state index contributed by atoms with van der Waals surface area (Å²) in [5.41, 5.74) is 0.608. The van der Waals surface area contributed by atoms with Crippen molar-refractivity contribution in [1.82, 2.24) is 14.0 Å². The third kappa shape index (κ3) is 4.45. The summed E-state index contributed by atoms with van der Waals surface area (Å²) in [7, 11) is 0. The number of amides is 2. The van der Waals surface area contributed by atoms with Crippen LogP contribution in [0, 0.1) is 0 Å². The maximum Gasteiger partial charge on any atom is 0.336 e. The lowest BCUT2D eigenvalue weighted by Crippen LogP contribution is -2.35. The molecule has 8 nitrogen and oxygen atoms in total. The third-order valence-electron chi connectivity index (χ3n) is 5.40. The van der Waals surface area contributed by atoms with Crippen molar-refractivity contribution in [3.63, 3.8) is 0 Å². The summed E-state index contributed by atoms with van der Waals surface area (Å²) in [6.07, 6.45) is 0.965. The molecule has 32 heavy (non-hydrogen) atoms. The van der Waals surface area contributed by atoms with Gasteiger partial charge in [-0.15, -0.1) is 0 Å². The van der Waals surface area contributed by atoms with E-state index in [0.717, 1.165) is 4.57 Å². The Labute approximate surface area is 188 Å². The van der Waals surface area contributed by atoms with E-state index < -0.39 is 5.69 Å². The second kappa shape index (κ2) is 9.40. The zero-order chi connectivity index (χ0) is 22.7. The van der Waals surface area contributed by atoms with Gasteiger partial charge in [0.2, 0.25) is 17.7 Å². The normalized spacial score (nSPS) is 13.8. The number of ether oxygens (including phenoxy) is 1. The monoisotopic (exact) mass is 455 g/mol. The Hall–Kier alpha value is -3.39. The van der Waals surface area contributed by atoms with Crippen LogP contribution >= 0.6 is 11.6 Å². The second-order valence-corrected chi connectivity index (χ2v) is 7.93. The van der Waals surface area contributed by atoms with Gasteiger partial charge in [-0.1, -0.05) is 23.7 Å². The van der Waals surface area contributed by atoms with Crippen LogP contribution in [0.4, 0.5) is 0 Å². The number of fused-ring (bicyclic) bond motifs is 1. The van der Waals surface area contributed by atoms with Crippen molar-refractivity contribution in [3.05, 3.63) is 64.0 Å². The topological polar surface area (TPSA) is 90.6 Å². The quantitative estimate of drug-likeness (QED) is 0.384. The number of carbonyl (C=O) groups excluding carboxylic acids is 3. The molecule has 0 unspecified atom stereocenters. The van der Waals surface area contributed by atoms with E-state index in [1.54, 1.807) is 48.5 Å². The first-order valence-corrected chi connectivity index (χ1v) is 10.8. The number of imidazole rings is 1. The lowest BCUT2D eigenvalue weighted by molar-refractivity contribution is -0.138. The molecule has 0 radical (unpaired) electrons. The van der Waals surface area contributed by atoms with Gasteiger partial charge in [0.25, 0.3) is 0 Å². The molecule has 0 bridgehead atoms. The minimum atomic E-state index is -0.478. The van der Waals surface area contributed by atoms with E-state index in [1.165, 1.54) is 9.47 Å². The molecule has 0 N–H and O–H groups in total. The summed E-state index contributed by atoms with van der Waals surface area (Å²) in [5, 5.41) is 0.613. The summed E-state index contributed by atoms with van der Waals surface area (Å²) in [4.78, 5) is 50.9. The van der Waals surface area contributed by atoms with Crippen molar-refractivity contribution in [1.29, 1.82) is 0 Å². The van der Waals surface area contributed by atoms with Crippen LogP contribution in [0.25, 0.3) is 11.0 Å². The van der Waals surface area contributed by atoms with Crippen LogP contribution in [-0.2, 0) is 16.1 Å². The van der Waals surface area contributed by atoms with Gasteiger partial charge in [-0.2, -0.15) is 0 Å². The Kier molecular flexibility index (Phi) is 6.41. The van der Waals surface area contributed by atoms with Crippen LogP contribution < -0.4 is 10.4 Å². The molecule has 1 saturated heterocycles. The zero-order valence-corrected chi connectivity index (χ0v) is 18.1. The molecule has 2 amide bonds. The molecule has 166 valence electrons. The molecular weight excluding hydrogens is 434 g/mol. The van der Waals surface area contributed by atoms with Gasteiger partial charge in [-0.3, -0.25) is 23.9 Å². The van der Waals surface area contributed by atoms with E-state index in [1.807, 2.05) is 0 Å². The molecule has 9 heteroatoms. The number of likely N-dealkylation sites (tertiary alicyclic amines) is 1. The average molecular weight is 456 g/mol. The molecule has 0 spiro atoms. The van der Waals surface area contributed by atoms with Crippen LogP contribution in [0.2, 0.25) is 5.02 Å². The molecule has 2 aromatic carbocycles. The number of halogens is 1. The fourth-order valence-corrected chi connectivity index (χ4v) is 3.92. The molecule has 1 aliphatic rings. The summed E-state index contributed by atoms with van der Waals surface area (Å²) in [6, 6.07) is 13.9. The van der Waals surface area contributed by atoms with E-state index in [4.69, 9.17) is 16.3 Å². The number of rotatable bonds is 8. The van der Waals surface area contributed by atoms with Gasteiger partial charge >= 0.3 is 5.69 Å². The Bertz CT molecular complexity index is 1210. The van der Waals surface area contributed by atoms with Crippen molar-refractivity contribution < 1.29 is 19.1 Å². The van der Waals surface area contributed by atoms with E-state index in [0.29, 0.717) is 34.8 Å². The van der Waals surface area contributed by atoms with Gasteiger partial charge < -0.3 is 4.74 Å². The Morgan fingerprint density at radius 2 is 1.56 bits per heavy atom. The van der Waals surface area contributed by atoms with Gasteiger partial charge in [0.15, 0.2) is 0 Å². The number of nitrogens with zero attached hydrogens (tertiary/aromatic N) is 3. The van der Waals surface area contributed by atoms with Gasteiger partial charge in [0.1, 0.15) is 5.75 Å².